The maximum absolute atomic E-state index is 12.7. The van der Waals surface area contributed by atoms with E-state index in [0.717, 1.165) is 0 Å². The van der Waals surface area contributed by atoms with Crippen LogP contribution in [0.2, 0.25) is 0 Å². The highest BCUT2D eigenvalue weighted by molar-refractivity contribution is 5.38. The third-order valence-electron chi connectivity index (χ3n) is 2.17. The van der Waals surface area contributed by atoms with Crippen LogP contribution in [0.15, 0.2) is 54.6 Å². The molecule has 1 radical (unpaired) electrons. The zero-order valence-electron chi connectivity index (χ0n) is 8.93. The molecule has 0 aliphatic carbocycles. The van der Waals surface area contributed by atoms with Crippen molar-refractivity contribution in [2.45, 2.75) is 0 Å². The number of rotatable bonds is 3. The third-order valence-corrected chi connectivity index (χ3v) is 2.17. The van der Waals surface area contributed by atoms with Gasteiger partial charge >= 0.3 is 0 Å². The Morgan fingerprint density at radius 3 is 2.24 bits per heavy atom. The SMILES string of the molecule is N#C[C](Oc1ccc(F)cc1)c1ccccc1. The second-order valence-electron chi connectivity index (χ2n) is 3.36. The molecule has 0 bridgehead atoms. The number of nitriles is 1. The van der Waals surface area contributed by atoms with Crippen molar-refractivity contribution in [2.75, 3.05) is 0 Å². The van der Waals surface area contributed by atoms with Gasteiger partial charge in [0.15, 0.2) is 0 Å². The molecule has 0 fully saturated rings. The number of nitrogens with zero attached hydrogens (tertiary/aromatic N) is 1. The van der Waals surface area contributed by atoms with E-state index < -0.39 is 0 Å². The van der Waals surface area contributed by atoms with Crippen LogP contribution in [0.5, 0.6) is 5.75 Å². The molecule has 0 aromatic heterocycles. The van der Waals surface area contributed by atoms with E-state index in [-0.39, 0.29) is 11.9 Å². The van der Waals surface area contributed by atoms with Gasteiger partial charge in [-0.3, -0.25) is 0 Å². The van der Waals surface area contributed by atoms with E-state index in [1.54, 1.807) is 12.1 Å². The lowest BCUT2D eigenvalue weighted by Gasteiger charge is -2.10. The van der Waals surface area contributed by atoms with Crippen molar-refractivity contribution in [1.29, 1.82) is 5.26 Å². The first-order chi connectivity index (χ1) is 8.29. The van der Waals surface area contributed by atoms with Crippen molar-refractivity contribution in [3.63, 3.8) is 0 Å². The molecule has 0 aliphatic heterocycles. The zero-order valence-corrected chi connectivity index (χ0v) is 8.93. The Morgan fingerprint density at radius 1 is 1.00 bits per heavy atom. The van der Waals surface area contributed by atoms with Crippen molar-refractivity contribution in [1.82, 2.24) is 0 Å². The van der Waals surface area contributed by atoms with Crippen LogP contribution < -0.4 is 4.74 Å². The van der Waals surface area contributed by atoms with Crippen LogP contribution in [0.25, 0.3) is 0 Å². The summed E-state index contributed by atoms with van der Waals surface area (Å²) in [7, 11) is 0. The molecule has 0 amide bonds. The summed E-state index contributed by atoms with van der Waals surface area (Å²) in [5.74, 6) is 0.0994. The van der Waals surface area contributed by atoms with Gasteiger partial charge in [-0.1, -0.05) is 30.3 Å². The van der Waals surface area contributed by atoms with E-state index in [0.29, 0.717) is 11.3 Å². The minimum absolute atomic E-state index is 0.192. The highest BCUT2D eigenvalue weighted by Crippen LogP contribution is 2.20. The van der Waals surface area contributed by atoms with Crippen LogP contribution in [0.4, 0.5) is 4.39 Å². The topological polar surface area (TPSA) is 33.0 Å². The van der Waals surface area contributed by atoms with Crippen LogP contribution >= 0.6 is 0 Å². The molecule has 0 unspecified atom stereocenters. The van der Waals surface area contributed by atoms with Gasteiger partial charge in [0, 0.05) is 5.56 Å². The first-order valence-corrected chi connectivity index (χ1v) is 5.05. The smallest absolute Gasteiger partial charge is 0.276 e. The molecule has 0 saturated heterocycles. The Labute approximate surface area is 98.9 Å². The Kier molecular flexibility index (Phi) is 3.37. The first-order valence-electron chi connectivity index (χ1n) is 5.05. The maximum atomic E-state index is 12.7. The number of halogens is 1. The lowest BCUT2D eigenvalue weighted by molar-refractivity contribution is 0.385. The van der Waals surface area contributed by atoms with E-state index in [1.165, 1.54) is 24.3 Å². The average molecular weight is 226 g/mol. The summed E-state index contributed by atoms with van der Waals surface area (Å²) in [5.41, 5.74) is 0.694. The maximum Gasteiger partial charge on any atom is 0.276 e. The molecule has 2 aromatic rings. The number of hydrogen-bond donors (Lipinski definition) is 0. The van der Waals surface area contributed by atoms with Crippen LogP contribution in [-0.2, 0) is 0 Å². The standard InChI is InChI=1S/C14H9FNO/c15-12-6-8-13(9-7-12)17-14(10-16)11-4-2-1-3-5-11/h1-9H. The fourth-order valence-electron chi connectivity index (χ4n) is 1.36. The van der Waals surface area contributed by atoms with Gasteiger partial charge in [0.2, 0.25) is 0 Å². The summed E-state index contributed by atoms with van der Waals surface area (Å²) in [6, 6.07) is 16.6. The quantitative estimate of drug-likeness (QED) is 0.804. The molecule has 2 nitrogen and oxygen atoms in total. The van der Waals surface area contributed by atoms with Crippen molar-refractivity contribution in [3.05, 3.63) is 72.1 Å². The molecule has 83 valence electrons. The predicted octanol–water partition coefficient (Wildman–Crippen LogP) is 3.31. The fraction of sp³-hybridized carbons (Fsp3) is 0. The lowest BCUT2D eigenvalue weighted by Crippen LogP contribution is -2.05. The number of benzene rings is 2. The van der Waals surface area contributed by atoms with Crippen LogP contribution in [0, 0.1) is 23.3 Å². The van der Waals surface area contributed by atoms with E-state index >= 15 is 0 Å². The molecular weight excluding hydrogens is 217 g/mol. The molecule has 0 N–H and O–H groups in total. The summed E-state index contributed by atoms with van der Waals surface area (Å²) < 4.78 is 18.1. The Bertz CT molecular complexity index is 516. The van der Waals surface area contributed by atoms with E-state index in [9.17, 15) is 4.39 Å². The van der Waals surface area contributed by atoms with Crippen molar-refractivity contribution < 1.29 is 9.13 Å². The van der Waals surface area contributed by atoms with Crippen molar-refractivity contribution in [2.24, 2.45) is 0 Å². The predicted molar refractivity (Wildman–Crippen MR) is 61.4 cm³/mol. The second kappa shape index (κ2) is 5.13. The monoisotopic (exact) mass is 226 g/mol. The summed E-state index contributed by atoms with van der Waals surface area (Å²) in [6.07, 6.45) is 0.192. The van der Waals surface area contributed by atoms with E-state index in [2.05, 4.69) is 0 Å². The molecule has 2 rings (SSSR count). The average Bonchev–Trinajstić information content (AvgIpc) is 2.39. The summed E-state index contributed by atoms with van der Waals surface area (Å²) in [6.45, 7) is 0. The van der Waals surface area contributed by atoms with Crippen LogP contribution in [0.1, 0.15) is 5.56 Å². The summed E-state index contributed by atoms with van der Waals surface area (Å²) in [4.78, 5) is 0. The highest BCUT2D eigenvalue weighted by atomic mass is 19.1. The first kappa shape index (κ1) is 11.2. The van der Waals surface area contributed by atoms with Gasteiger partial charge in [0.05, 0.1) is 0 Å². The summed E-state index contributed by atoms with van der Waals surface area (Å²) in [5, 5.41) is 9.01. The summed E-state index contributed by atoms with van der Waals surface area (Å²) >= 11 is 0. The van der Waals surface area contributed by atoms with Gasteiger partial charge < -0.3 is 4.74 Å². The van der Waals surface area contributed by atoms with Gasteiger partial charge in [-0.15, -0.1) is 0 Å². The van der Waals surface area contributed by atoms with Gasteiger partial charge in [0.1, 0.15) is 17.6 Å². The van der Waals surface area contributed by atoms with Gasteiger partial charge in [0.25, 0.3) is 6.10 Å². The van der Waals surface area contributed by atoms with Crippen LogP contribution in [-0.4, -0.2) is 0 Å². The Balaban J connectivity index is 2.17. The third kappa shape index (κ3) is 2.82. The molecule has 3 heteroatoms. The highest BCUT2D eigenvalue weighted by Gasteiger charge is 2.13. The van der Waals surface area contributed by atoms with E-state index in [1.807, 2.05) is 24.3 Å². The Hall–Kier alpha value is -2.34. The van der Waals surface area contributed by atoms with Crippen molar-refractivity contribution in [3.8, 4) is 11.8 Å². The van der Waals surface area contributed by atoms with E-state index in [4.69, 9.17) is 10.00 Å². The zero-order chi connectivity index (χ0) is 12.1. The molecule has 0 aliphatic rings. The van der Waals surface area contributed by atoms with Gasteiger partial charge in [-0.05, 0) is 24.3 Å². The van der Waals surface area contributed by atoms with Gasteiger partial charge in [-0.2, -0.15) is 5.26 Å². The number of hydrogen-bond acceptors (Lipinski definition) is 2. The molecule has 0 saturated carbocycles. The molecule has 2 aromatic carbocycles. The molecule has 0 spiro atoms. The minimum Gasteiger partial charge on any atom is -0.462 e. The molecule has 17 heavy (non-hydrogen) atoms. The van der Waals surface area contributed by atoms with Crippen LogP contribution in [0.3, 0.4) is 0 Å². The molecular formula is C14H9FNO. The number of ether oxygens (including phenoxy) is 1. The Morgan fingerprint density at radius 2 is 1.65 bits per heavy atom. The van der Waals surface area contributed by atoms with Gasteiger partial charge in [-0.25, -0.2) is 4.39 Å². The largest absolute Gasteiger partial charge is 0.462 e. The molecule has 0 atom stereocenters. The second-order valence-corrected chi connectivity index (χ2v) is 3.36. The normalized spacial score (nSPS) is 9.94. The minimum atomic E-state index is -0.337. The van der Waals surface area contributed by atoms with Crippen molar-refractivity contribution >= 4 is 0 Å². The lowest BCUT2D eigenvalue weighted by atomic mass is 10.1. The fourth-order valence-corrected chi connectivity index (χ4v) is 1.36. The molecule has 0 heterocycles.